The molecule has 7 heteroatoms. The number of nitrogens with one attached hydrogen (secondary N) is 1. The molecule has 1 aromatic carbocycles. The summed E-state index contributed by atoms with van der Waals surface area (Å²) in [5.74, 6) is -0.270. The summed E-state index contributed by atoms with van der Waals surface area (Å²) in [5.41, 5.74) is 5.87. The average Bonchev–Trinajstić information content (AvgIpc) is 2.36. The van der Waals surface area contributed by atoms with Crippen LogP contribution in [0.3, 0.4) is 0 Å². The lowest BCUT2D eigenvalue weighted by Crippen LogP contribution is -2.37. The van der Waals surface area contributed by atoms with Gasteiger partial charge in [-0.25, -0.2) is 8.42 Å². The molecule has 0 saturated heterocycles. The second kappa shape index (κ2) is 6.81. The second-order valence-electron chi connectivity index (χ2n) is 4.55. The number of rotatable bonds is 6. The van der Waals surface area contributed by atoms with E-state index in [0.29, 0.717) is 23.4 Å². The number of amides is 1. The van der Waals surface area contributed by atoms with Gasteiger partial charge in [-0.1, -0.05) is 19.1 Å². The minimum Gasteiger partial charge on any atom is -0.393 e. The van der Waals surface area contributed by atoms with Gasteiger partial charge in [0.15, 0.2) is 9.84 Å². The van der Waals surface area contributed by atoms with Gasteiger partial charge < -0.3 is 11.1 Å². The predicted molar refractivity (Wildman–Crippen MR) is 82.5 cm³/mol. The van der Waals surface area contributed by atoms with Crippen LogP contribution in [0.4, 0.5) is 0 Å². The zero-order chi connectivity index (χ0) is 15.3. The fourth-order valence-corrected chi connectivity index (χ4v) is 2.49. The van der Waals surface area contributed by atoms with Crippen molar-refractivity contribution in [3.05, 3.63) is 29.8 Å². The normalized spacial score (nSPS) is 12.7. The second-order valence-corrected chi connectivity index (χ2v) is 7.09. The Morgan fingerprint density at radius 2 is 1.90 bits per heavy atom. The first-order chi connectivity index (χ1) is 9.24. The van der Waals surface area contributed by atoms with Crippen molar-refractivity contribution in [2.24, 2.45) is 5.73 Å². The van der Waals surface area contributed by atoms with E-state index in [4.69, 9.17) is 18.0 Å². The molecule has 0 radical (unpaired) electrons. The summed E-state index contributed by atoms with van der Waals surface area (Å²) in [4.78, 5) is 12.5. The van der Waals surface area contributed by atoms with Gasteiger partial charge in [-0.2, -0.15) is 0 Å². The van der Waals surface area contributed by atoms with E-state index in [0.717, 1.165) is 6.26 Å². The Morgan fingerprint density at radius 1 is 1.35 bits per heavy atom. The monoisotopic (exact) mass is 314 g/mol. The maximum atomic E-state index is 12.0. The fourth-order valence-electron chi connectivity index (χ4n) is 1.66. The zero-order valence-electron chi connectivity index (χ0n) is 11.4. The quantitative estimate of drug-likeness (QED) is 0.772. The number of carbonyl (C=O) groups is 1. The van der Waals surface area contributed by atoms with Gasteiger partial charge in [0, 0.05) is 24.3 Å². The topological polar surface area (TPSA) is 89.3 Å². The maximum Gasteiger partial charge on any atom is 0.251 e. The standard InChI is InChI=1S/C13H18N2O3S2/c1-3-10(8-12(14)19)15-13(16)9-4-6-11(7-5-9)20(2,17)18/h4-7,10H,3,8H2,1-2H3,(H2,14,19)(H,15,16). The highest BCUT2D eigenvalue weighted by Gasteiger charge is 2.14. The van der Waals surface area contributed by atoms with Gasteiger partial charge in [-0.3, -0.25) is 4.79 Å². The lowest BCUT2D eigenvalue weighted by atomic mass is 10.1. The molecule has 5 nitrogen and oxygen atoms in total. The number of hydrogen-bond donors (Lipinski definition) is 2. The van der Waals surface area contributed by atoms with E-state index in [9.17, 15) is 13.2 Å². The summed E-state index contributed by atoms with van der Waals surface area (Å²) >= 11 is 4.83. The van der Waals surface area contributed by atoms with E-state index in [-0.39, 0.29) is 16.8 Å². The van der Waals surface area contributed by atoms with Crippen molar-refractivity contribution in [3.63, 3.8) is 0 Å². The Bertz CT molecular complexity index is 595. The zero-order valence-corrected chi connectivity index (χ0v) is 13.1. The van der Waals surface area contributed by atoms with Gasteiger partial charge >= 0.3 is 0 Å². The molecular formula is C13H18N2O3S2. The van der Waals surface area contributed by atoms with Gasteiger partial charge in [0.25, 0.3) is 5.91 Å². The number of nitrogens with two attached hydrogens (primary N) is 1. The van der Waals surface area contributed by atoms with Crippen LogP contribution in [0.25, 0.3) is 0 Å². The molecule has 0 bridgehead atoms. The Balaban J connectivity index is 2.80. The van der Waals surface area contributed by atoms with Gasteiger partial charge in [-0.15, -0.1) is 0 Å². The molecule has 110 valence electrons. The molecule has 1 atom stereocenters. The third-order valence-corrected chi connectivity index (χ3v) is 4.12. The van der Waals surface area contributed by atoms with E-state index in [2.05, 4.69) is 5.32 Å². The van der Waals surface area contributed by atoms with Crippen molar-refractivity contribution in [2.45, 2.75) is 30.7 Å². The molecule has 0 fully saturated rings. The van der Waals surface area contributed by atoms with E-state index in [1.807, 2.05) is 6.92 Å². The minimum atomic E-state index is -3.25. The fraction of sp³-hybridized carbons (Fsp3) is 0.385. The molecule has 0 aliphatic rings. The summed E-state index contributed by atoms with van der Waals surface area (Å²) in [6.45, 7) is 1.93. The summed E-state index contributed by atoms with van der Waals surface area (Å²) < 4.78 is 22.7. The van der Waals surface area contributed by atoms with Gasteiger partial charge in [0.1, 0.15) is 0 Å². The molecule has 20 heavy (non-hydrogen) atoms. The predicted octanol–water partition coefficient (Wildman–Crippen LogP) is 1.27. The maximum absolute atomic E-state index is 12.0. The van der Waals surface area contributed by atoms with E-state index in [1.165, 1.54) is 24.3 Å². The highest BCUT2D eigenvalue weighted by molar-refractivity contribution is 7.90. The summed E-state index contributed by atoms with van der Waals surface area (Å²) in [6.07, 6.45) is 2.28. The number of hydrogen-bond acceptors (Lipinski definition) is 4. The van der Waals surface area contributed by atoms with Crippen molar-refractivity contribution in [3.8, 4) is 0 Å². The molecule has 0 heterocycles. The Morgan fingerprint density at radius 3 is 2.30 bits per heavy atom. The summed E-state index contributed by atoms with van der Waals surface area (Å²) in [6, 6.07) is 5.69. The SMILES string of the molecule is CCC(CC(N)=S)NC(=O)c1ccc(S(C)(=O)=O)cc1. The number of benzene rings is 1. The van der Waals surface area contributed by atoms with Crippen LogP contribution in [0.1, 0.15) is 30.1 Å². The molecule has 0 aliphatic heterocycles. The third-order valence-electron chi connectivity index (χ3n) is 2.82. The smallest absolute Gasteiger partial charge is 0.251 e. The van der Waals surface area contributed by atoms with Crippen molar-refractivity contribution < 1.29 is 13.2 Å². The van der Waals surface area contributed by atoms with Crippen LogP contribution in [0.2, 0.25) is 0 Å². The van der Waals surface area contributed by atoms with Gasteiger partial charge in [0.05, 0.1) is 9.88 Å². The Labute approximate surface area is 124 Å². The number of sulfone groups is 1. The number of thiocarbonyl (C=S) groups is 1. The Hall–Kier alpha value is -1.47. The van der Waals surface area contributed by atoms with Crippen molar-refractivity contribution in [1.29, 1.82) is 0 Å². The number of carbonyl (C=O) groups excluding carboxylic acids is 1. The van der Waals surface area contributed by atoms with Gasteiger partial charge in [-0.05, 0) is 30.7 Å². The van der Waals surface area contributed by atoms with Crippen molar-refractivity contribution in [2.75, 3.05) is 6.26 Å². The molecule has 1 unspecified atom stereocenters. The first-order valence-electron chi connectivity index (χ1n) is 6.13. The molecule has 1 aromatic rings. The molecule has 0 aromatic heterocycles. The van der Waals surface area contributed by atoms with Crippen molar-refractivity contribution >= 4 is 33.0 Å². The Kier molecular flexibility index (Phi) is 5.64. The van der Waals surface area contributed by atoms with E-state index < -0.39 is 9.84 Å². The van der Waals surface area contributed by atoms with Crippen LogP contribution in [0.15, 0.2) is 29.2 Å². The lowest BCUT2D eigenvalue weighted by molar-refractivity contribution is 0.0937. The van der Waals surface area contributed by atoms with Crippen LogP contribution in [0, 0.1) is 0 Å². The molecular weight excluding hydrogens is 296 g/mol. The van der Waals surface area contributed by atoms with E-state index in [1.54, 1.807) is 0 Å². The summed E-state index contributed by atoms with van der Waals surface area (Å²) in [7, 11) is -3.25. The molecule has 1 rings (SSSR count). The van der Waals surface area contributed by atoms with Crippen LogP contribution >= 0.6 is 12.2 Å². The van der Waals surface area contributed by atoms with Crippen molar-refractivity contribution in [1.82, 2.24) is 5.32 Å². The largest absolute Gasteiger partial charge is 0.393 e. The molecule has 0 saturated carbocycles. The summed E-state index contributed by atoms with van der Waals surface area (Å²) in [5, 5.41) is 2.82. The molecule has 0 aliphatic carbocycles. The van der Waals surface area contributed by atoms with Crippen LogP contribution in [-0.2, 0) is 9.84 Å². The minimum absolute atomic E-state index is 0.116. The van der Waals surface area contributed by atoms with Crippen LogP contribution < -0.4 is 11.1 Å². The third kappa shape index (κ3) is 4.90. The first-order valence-corrected chi connectivity index (χ1v) is 8.43. The lowest BCUT2D eigenvalue weighted by Gasteiger charge is -2.16. The molecule has 1 amide bonds. The molecule has 0 spiro atoms. The van der Waals surface area contributed by atoms with Crippen LogP contribution in [-0.4, -0.2) is 31.6 Å². The molecule has 3 N–H and O–H groups in total. The van der Waals surface area contributed by atoms with Gasteiger partial charge in [0.2, 0.25) is 0 Å². The van der Waals surface area contributed by atoms with E-state index >= 15 is 0 Å². The first kappa shape index (κ1) is 16.6. The average molecular weight is 314 g/mol. The highest BCUT2D eigenvalue weighted by atomic mass is 32.2. The van der Waals surface area contributed by atoms with Crippen LogP contribution in [0.5, 0.6) is 0 Å². The highest BCUT2D eigenvalue weighted by Crippen LogP contribution is 2.11.